The molecule has 0 saturated carbocycles. The molecule has 0 spiro atoms. The van der Waals surface area contributed by atoms with Gasteiger partial charge in [-0.3, -0.25) is 20.2 Å². The van der Waals surface area contributed by atoms with E-state index in [-0.39, 0.29) is 5.57 Å². The second-order valence-corrected chi connectivity index (χ2v) is 6.03. The van der Waals surface area contributed by atoms with Crippen LogP contribution < -0.4 is 10.3 Å². The topological polar surface area (TPSA) is 120 Å². The Hall–Kier alpha value is -4.14. The average molecular weight is 369 g/mol. The van der Waals surface area contributed by atoms with Crippen LogP contribution >= 0.6 is 0 Å². The zero-order chi connectivity index (χ0) is 19.9. The second kappa shape index (κ2) is 8.49. The van der Waals surface area contributed by atoms with E-state index < -0.39 is 17.9 Å². The van der Waals surface area contributed by atoms with E-state index in [9.17, 15) is 10.1 Å². The number of carbonyl (C=O) groups is 1. The number of amides is 1. The van der Waals surface area contributed by atoms with E-state index in [2.05, 4.69) is 15.8 Å². The van der Waals surface area contributed by atoms with Gasteiger partial charge in [0, 0.05) is 36.9 Å². The summed E-state index contributed by atoms with van der Waals surface area (Å²) in [5.41, 5.74) is 8.24. The molecule has 0 aromatic carbocycles. The van der Waals surface area contributed by atoms with Crippen molar-refractivity contribution in [1.29, 1.82) is 10.7 Å². The number of allylic oxidation sites excluding steroid dienone is 1. The highest BCUT2D eigenvalue weighted by Crippen LogP contribution is 2.31. The molecule has 1 amide bonds. The standard InChI is InChI=1S/C21H16N6O/c22-12-18(13-23)19(17-2-1-7-26-14-17)20(21(24)28)27-10-5-16(6-11-27)15-3-8-25-9-4-15/h1-11,14,19-20,22H,(H-,24,28)/p+1/t19-,20+/m0/s1. The van der Waals surface area contributed by atoms with Crippen LogP contribution in [0, 0.1) is 16.7 Å². The molecule has 0 unspecified atom stereocenters. The van der Waals surface area contributed by atoms with Crippen molar-refractivity contribution in [1.82, 2.24) is 9.97 Å². The highest BCUT2D eigenvalue weighted by atomic mass is 16.1. The summed E-state index contributed by atoms with van der Waals surface area (Å²) in [6.07, 6.45) is 10.0. The first-order chi connectivity index (χ1) is 13.7. The molecule has 3 N–H and O–H groups in total. The number of hydrogen-bond acceptors (Lipinski definition) is 5. The van der Waals surface area contributed by atoms with Gasteiger partial charge in [0.2, 0.25) is 6.04 Å². The molecule has 136 valence electrons. The van der Waals surface area contributed by atoms with Crippen LogP contribution in [0.3, 0.4) is 0 Å². The summed E-state index contributed by atoms with van der Waals surface area (Å²) in [6.45, 7) is 0. The molecule has 0 aliphatic carbocycles. The number of rotatable bonds is 6. The minimum atomic E-state index is -0.914. The van der Waals surface area contributed by atoms with Gasteiger partial charge in [-0.1, -0.05) is 6.07 Å². The molecule has 0 bridgehead atoms. The van der Waals surface area contributed by atoms with Gasteiger partial charge in [0.15, 0.2) is 12.4 Å². The Bertz CT molecular complexity index is 1050. The number of carbonyl (C=O) groups excluding carboxylic acids is 1. The number of aromatic nitrogens is 3. The molecule has 7 nitrogen and oxygen atoms in total. The molecule has 0 aliphatic heterocycles. The molecule has 0 aliphatic rings. The van der Waals surface area contributed by atoms with Crippen molar-refractivity contribution in [3.63, 3.8) is 0 Å². The van der Waals surface area contributed by atoms with E-state index in [1.807, 2.05) is 30.3 Å². The normalized spacial score (nSPS) is 12.2. The predicted molar refractivity (Wildman–Crippen MR) is 102 cm³/mol. The molecule has 3 rings (SSSR count). The third kappa shape index (κ3) is 3.83. The molecular weight excluding hydrogens is 352 g/mol. The Morgan fingerprint density at radius 1 is 1.07 bits per heavy atom. The number of primary amides is 1. The SMILES string of the molecule is N#CC(=C=N)[C@H](c1cccnc1)[C@H](C(N)=O)[n+]1ccc(-c2ccncc2)cc1. The molecule has 7 heteroatoms. The molecular formula is C21H17N6O+. The van der Waals surface area contributed by atoms with Gasteiger partial charge in [0.25, 0.3) is 5.91 Å². The van der Waals surface area contributed by atoms with E-state index in [4.69, 9.17) is 11.1 Å². The van der Waals surface area contributed by atoms with Gasteiger partial charge in [-0.2, -0.15) is 9.83 Å². The summed E-state index contributed by atoms with van der Waals surface area (Å²) in [5, 5.41) is 17.0. The molecule has 0 radical (unpaired) electrons. The van der Waals surface area contributed by atoms with Gasteiger partial charge >= 0.3 is 0 Å². The summed E-state index contributed by atoms with van der Waals surface area (Å²) in [4.78, 5) is 20.4. The number of nitrogens with one attached hydrogen (secondary N) is 1. The number of nitriles is 1. The first-order valence-corrected chi connectivity index (χ1v) is 8.46. The summed E-state index contributed by atoms with van der Waals surface area (Å²) in [5.74, 6) is 0.743. The lowest BCUT2D eigenvalue weighted by atomic mass is 9.86. The van der Waals surface area contributed by atoms with Crippen molar-refractivity contribution in [2.75, 3.05) is 0 Å². The zero-order valence-electron chi connectivity index (χ0n) is 14.9. The summed E-state index contributed by atoms with van der Waals surface area (Å²) in [6, 6.07) is 12.0. The monoisotopic (exact) mass is 369 g/mol. The smallest absolute Gasteiger partial charge is 0.287 e. The van der Waals surface area contributed by atoms with Crippen LogP contribution in [0.15, 0.2) is 79.2 Å². The lowest BCUT2D eigenvalue weighted by Crippen LogP contribution is -2.49. The molecule has 0 saturated heterocycles. The lowest BCUT2D eigenvalue weighted by molar-refractivity contribution is -0.711. The predicted octanol–water partition coefficient (Wildman–Crippen LogP) is 1.94. The van der Waals surface area contributed by atoms with E-state index in [1.54, 1.807) is 53.9 Å². The van der Waals surface area contributed by atoms with Crippen LogP contribution in [0.5, 0.6) is 0 Å². The van der Waals surface area contributed by atoms with E-state index in [1.165, 1.54) is 0 Å². The van der Waals surface area contributed by atoms with Crippen LogP contribution in [0.25, 0.3) is 11.1 Å². The van der Waals surface area contributed by atoms with Crippen molar-refractivity contribution < 1.29 is 9.36 Å². The van der Waals surface area contributed by atoms with Crippen LogP contribution in [0.4, 0.5) is 0 Å². The average Bonchev–Trinajstić information content (AvgIpc) is 2.75. The van der Waals surface area contributed by atoms with Crippen LogP contribution in [-0.2, 0) is 4.79 Å². The minimum Gasteiger partial charge on any atom is -0.364 e. The maximum atomic E-state index is 12.4. The van der Waals surface area contributed by atoms with Crippen molar-refractivity contribution >= 4 is 11.8 Å². The lowest BCUT2D eigenvalue weighted by Gasteiger charge is -2.19. The Morgan fingerprint density at radius 2 is 1.75 bits per heavy atom. The largest absolute Gasteiger partial charge is 0.364 e. The maximum absolute atomic E-state index is 12.4. The summed E-state index contributed by atoms with van der Waals surface area (Å²) < 4.78 is 1.64. The minimum absolute atomic E-state index is 0.00232. The molecule has 0 fully saturated rings. The van der Waals surface area contributed by atoms with E-state index in [0.29, 0.717) is 5.56 Å². The van der Waals surface area contributed by atoms with Gasteiger partial charge in [-0.15, -0.1) is 0 Å². The number of hydrogen-bond donors (Lipinski definition) is 2. The first-order valence-electron chi connectivity index (χ1n) is 8.46. The summed E-state index contributed by atoms with van der Waals surface area (Å²) in [7, 11) is 0. The molecule has 3 aromatic heterocycles. The number of nitrogens with zero attached hydrogens (tertiary/aromatic N) is 4. The van der Waals surface area contributed by atoms with Crippen molar-refractivity contribution in [2.24, 2.45) is 5.73 Å². The van der Waals surface area contributed by atoms with Crippen LogP contribution in [0.2, 0.25) is 0 Å². The maximum Gasteiger partial charge on any atom is 0.287 e. The molecule has 2 atom stereocenters. The Balaban J connectivity index is 2.07. The van der Waals surface area contributed by atoms with Crippen LogP contribution in [0.1, 0.15) is 17.5 Å². The third-order valence-electron chi connectivity index (χ3n) is 4.40. The van der Waals surface area contributed by atoms with Crippen molar-refractivity contribution in [3.8, 4) is 17.2 Å². The van der Waals surface area contributed by atoms with Gasteiger partial charge in [0.1, 0.15) is 17.6 Å². The molecule has 3 heterocycles. The van der Waals surface area contributed by atoms with Crippen molar-refractivity contribution in [3.05, 3.63) is 84.7 Å². The van der Waals surface area contributed by atoms with Crippen molar-refractivity contribution in [2.45, 2.75) is 12.0 Å². The fourth-order valence-electron chi connectivity index (χ4n) is 3.09. The third-order valence-corrected chi connectivity index (χ3v) is 4.40. The quantitative estimate of drug-likeness (QED) is 0.392. The molecule has 28 heavy (non-hydrogen) atoms. The first kappa shape index (κ1) is 18.6. The van der Waals surface area contributed by atoms with E-state index in [0.717, 1.165) is 11.1 Å². The Morgan fingerprint density at radius 3 is 2.29 bits per heavy atom. The van der Waals surface area contributed by atoms with Gasteiger partial charge in [-0.25, -0.2) is 0 Å². The second-order valence-electron chi connectivity index (χ2n) is 6.03. The fourth-order valence-corrected chi connectivity index (χ4v) is 3.09. The molecule has 3 aromatic rings. The highest BCUT2D eigenvalue weighted by Gasteiger charge is 2.39. The Kier molecular flexibility index (Phi) is 5.66. The van der Waals surface area contributed by atoms with Gasteiger partial charge in [-0.05, 0) is 40.8 Å². The van der Waals surface area contributed by atoms with E-state index >= 15 is 0 Å². The van der Waals surface area contributed by atoms with Gasteiger partial charge < -0.3 is 5.73 Å². The van der Waals surface area contributed by atoms with Crippen LogP contribution in [-0.4, -0.2) is 21.7 Å². The number of pyridine rings is 3. The highest BCUT2D eigenvalue weighted by molar-refractivity contribution is 5.80. The zero-order valence-corrected chi connectivity index (χ0v) is 14.9. The Labute approximate surface area is 161 Å². The van der Waals surface area contributed by atoms with Gasteiger partial charge in [0.05, 0.1) is 0 Å². The fraction of sp³-hybridized carbons (Fsp3) is 0.0952. The number of nitrogens with two attached hydrogens (primary N) is 1. The summed E-state index contributed by atoms with van der Waals surface area (Å²) >= 11 is 0.